The number of H-pyrrole nitrogens is 1. The summed E-state index contributed by atoms with van der Waals surface area (Å²) in [6.45, 7) is 11.2. The summed E-state index contributed by atoms with van der Waals surface area (Å²) >= 11 is 0. The lowest BCUT2D eigenvalue weighted by Gasteiger charge is -2.61. The number of carboxylic acid groups (broad SMARTS) is 1. The molecule has 0 saturated heterocycles. The first-order valence-corrected chi connectivity index (χ1v) is 18.9. The van der Waals surface area contributed by atoms with Crippen LogP contribution in [0.1, 0.15) is 111 Å². The number of aliphatic carboxylic acids is 1. The predicted molar refractivity (Wildman–Crippen MR) is 188 cm³/mol. The number of hydrogen-bond donors (Lipinski definition) is 5. The summed E-state index contributed by atoms with van der Waals surface area (Å²) in [6.07, 6.45) is 13.8. The number of carbonyl (C=O) groups excluding carboxylic acids is 2. The van der Waals surface area contributed by atoms with Crippen molar-refractivity contribution in [3.8, 4) is 0 Å². The van der Waals surface area contributed by atoms with Gasteiger partial charge in [0.25, 0.3) is 0 Å². The molecule has 0 unspecified atom stereocenters. The van der Waals surface area contributed by atoms with Gasteiger partial charge in [-0.05, 0) is 128 Å². The van der Waals surface area contributed by atoms with E-state index in [-0.39, 0.29) is 24.3 Å². The van der Waals surface area contributed by atoms with Crippen LogP contribution < -0.4 is 10.6 Å². The second-order valence-corrected chi connectivity index (χ2v) is 17.1. The Hall–Kier alpha value is -2.87. The zero-order chi connectivity index (χ0) is 34.4. The van der Waals surface area contributed by atoms with Crippen molar-refractivity contribution in [1.82, 2.24) is 15.6 Å². The summed E-state index contributed by atoms with van der Waals surface area (Å²) in [6, 6.07) is 5.78. The van der Waals surface area contributed by atoms with Crippen molar-refractivity contribution in [3.05, 3.63) is 36.0 Å². The maximum absolute atomic E-state index is 13.4. The molecule has 1 aromatic carbocycles. The van der Waals surface area contributed by atoms with E-state index in [0.29, 0.717) is 35.0 Å². The molecule has 11 atom stereocenters. The molecule has 2 amide bonds. The maximum atomic E-state index is 13.4. The van der Waals surface area contributed by atoms with Gasteiger partial charge < -0.3 is 25.8 Å². The topological polar surface area (TPSA) is 132 Å². The van der Waals surface area contributed by atoms with Crippen molar-refractivity contribution >= 4 is 28.7 Å². The minimum Gasteiger partial charge on any atom is -0.480 e. The van der Waals surface area contributed by atoms with Crippen molar-refractivity contribution in [1.29, 1.82) is 0 Å². The summed E-state index contributed by atoms with van der Waals surface area (Å²) in [5.74, 6) is 2.11. The molecule has 0 radical (unpaired) electrons. The van der Waals surface area contributed by atoms with E-state index in [1.807, 2.05) is 38.1 Å². The molecule has 48 heavy (non-hydrogen) atoms. The second-order valence-electron chi connectivity index (χ2n) is 17.1. The first-order chi connectivity index (χ1) is 22.8. The van der Waals surface area contributed by atoms with Crippen LogP contribution in [0.15, 0.2) is 30.5 Å². The maximum Gasteiger partial charge on any atom is 0.326 e. The number of hydrogen-bond acceptors (Lipinski definition) is 4. The van der Waals surface area contributed by atoms with Gasteiger partial charge in [-0.1, -0.05) is 52.8 Å². The second kappa shape index (κ2) is 13.8. The summed E-state index contributed by atoms with van der Waals surface area (Å²) in [7, 11) is 0. The Kier molecular flexibility index (Phi) is 10.1. The van der Waals surface area contributed by atoms with E-state index in [2.05, 4.69) is 36.4 Å². The number of carboxylic acids is 1. The fourth-order valence-electron chi connectivity index (χ4n) is 11.5. The number of benzene rings is 1. The van der Waals surface area contributed by atoms with Gasteiger partial charge in [0.05, 0.1) is 6.10 Å². The molecule has 0 spiro atoms. The van der Waals surface area contributed by atoms with E-state index in [1.54, 1.807) is 6.20 Å². The third-order valence-corrected chi connectivity index (χ3v) is 14.2. The van der Waals surface area contributed by atoms with Crippen LogP contribution in [0.25, 0.3) is 10.9 Å². The number of rotatable bonds is 11. The number of aliphatic hydroxyl groups is 1. The molecule has 1 heterocycles. The van der Waals surface area contributed by atoms with Crippen molar-refractivity contribution in [3.63, 3.8) is 0 Å². The molecule has 1 aromatic heterocycles. The van der Waals surface area contributed by atoms with Crippen molar-refractivity contribution in [2.45, 2.75) is 130 Å². The molecule has 4 fully saturated rings. The molecular weight excluding hydrogens is 602 g/mol. The van der Waals surface area contributed by atoms with Crippen molar-refractivity contribution in [2.75, 3.05) is 0 Å². The number of fused-ring (bicyclic) bond motifs is 6. The molecule has 8 nitrogen and oxygen atoms in total. The van der Waals surface area contributed by atoms with E-state index in [9.17, 15) is 24.6 Å². The Bertz CT molecular complexity index is 1490. The minimum absolute atomic E-state index is 0.106. The van der Waals surface area contributed by atoms with Crippen LogP contribution in [0.3, 0.4) is 0 Å². The molecule has 0 bridgehead atoms. The first-order valence-electron chi connectivity index (χ1n) is 18.9. The zero-order valence-corrected chi connectivity index (χ0v) is 29.8. The van der Waals surface area contributed by atoms with E-state index in [1.165, 1.54) is 44.9 Å². The highest BCUT2D eigenvalue weighted by atomic mass is 16.4. The fourth-order valence-corrected chi connectivity index (χ4v) is 11.5. The molecule has 4 aliphatic rings. The van der Waals surface area contributed by atoms with E-state index >= 15 is 0 Å². The molecule has 6 rings (SSSR count). The van der Waals surface area contributed by atoms with Gasteiger partial charge in [0.1, 0.15) is 12.1 Å². The molecule has 2 aromatic rings. The SMILES string of the molecule is CC(C)[C@H](NC(=O)CC[C@@H](C)[C@H]1CC[C@H]2[C@@H]3CC[C@@H]4C[C@H](O)CC[C@]4(C)[C@H]3CC[C@]12C)C(=O)N[C@@H](Cc1c[nH]c2ccccc12)C(=O)O. The van der Waals surface area contributed by atoms with E-state index in [0.717, 1.165) is 53.5 Å². The number of nitrogens with one attached hydrogen (secondary N) is 3. The first kappa shape index (κ1) is 35.0. The molecule has 264 valence electrons. The number of aromatic nitrogens is 1. The summed E-state index contributed by atoms with van der Waals surface area (Å²) in [4.78, 5) is 42.1. The van der Waals surface area contributed by atoms with Gasteiger partial charge in [-0.2, -0.15) is 0 Å². The van der Waals surface area contributed by atoms with E-state index in [4.69, 9.17) is 0 Å². The summed E-state index contributed by atoms with van der Waals surface area (Å²) < 4.78 is 0. The number of aromatic amines is 1. The third-order valence-electron chi connectivity index (χ3n) is 14.2. The average molecular weight is 662 g/mol. The van der Waals surface area contributed by atoms with Gasteiger partial charge in [-0.3, -0.25) is 9.59 Å². The van der Waals surface area contributed by atoms with Crippen LogP contribution in [0.4, 0.5) is 0 Å². The Morgan fingerprint density at radius 1 is 0.938 bits per heavy atom. The van der Waals surface area contributed by atoms with Crippen LogP contribution in [0.5, 0.6) is 0 Å². The fraction of sp³-hybridized carbons (Fsp3) is 0.725. The average Bonchev–Trinajstić information content (AvgIpc) is 3.62. The normalized spacial score (nSPS) is 34.8. The molecule has 4 saturated carbocycles. The van der Waals surface area contributed by atoms with Crippen molar-refractivity contribution in [2.24, 2.45) is 52.3 Å². The Labute approximate surface area is 286 Å². The highest BCUT2D eigenvalue weighted by Gasteiger charge is 2.60. The van der Waals surface area contributed by atoms with Crippen LogP contribution >= 0.6 is 0 Å². The minimum atomic E-state index is -1.11. The van der Waals surface area contributed by atoms with Crippen LogP contribution in [0.2, 0.25) is 0 Å². The molecule has 5 N–H and O–H groups in total. The van der Waals surface area contributed by atoms with Crippen LogP contribution in [-0.2, 0) is 20.8 Å². The molecule has 0 aliphatic heterocycles. The Balaban J connectivity index is 1.03. The Morgan fingerprint density at radius 3 is 2.42 bits per heavy atom. The van der Waals surface area contributed by atoms with Gasteiger partial charge in [-0.15, -0.1) is 0 Å². The number of amides is 2. The Morgan fingerprint density at radius 2 is 1.67 bits per heavy atom. The highest BCUT2D eigenvalue weighted by molar-refractivity contribution is 5.91. The quantitative estimate of drug-likeness (QED) is 0.180. The third kappa shape index (κ3) is 6.55. The van der Waals surface area contributed by atoms with Gasteiger partial charge >= 0.3 is 5.97 Å². The highest BCUT2D eigenvalue weighted by Crippen LogP contribution is 2.68. The number of carbonyl (C=O) groups is 3. The zero-order valence-electron chi connectivity index (χ0n) is 29.8. The predicted octanol–water partition coefficient (Wildman–Crippen LogP) is 6.86. The monoisotopic (exact) mass is 661 g/mol. The molecular formula is C40H59N3O5. The number of para-hydroxylation sites is 1. The standard InChI is InChI=1S/C40H59N3O5/c1-23(2)36(37(46)42-34(38(47)48)20-25-22-41-33-9-7-6-8-28(25)33)43-35(45)15-10-24(3)30-13-14-31-29-12-11-26-21-27(44)16-18-39(26,4)32(29)17-19-40(30,31)5/h6-9,22-24,26-27,29-32,34,36,41,44H,10-21H2,1-5H3,(H,42,46)(H,43,45)(H,47,48)/t24-,26-,27-,29+,30-,31+,32+,34+,36+,39+,40-/m1/s1. The summed E-state index contributed by atoms with van der Waals surface area (Å²) in [5, 5.41) is 27.0. The summed E-state index contributed by atoms with van der Waals surface area (Å²) in [5.41, 5.74) is 2.43. The van der Waals surface area contributed by atoms with Crippen molar-refractivity contribution < 1.29 is 24.6 Å². The van der Waals surface area contributed by atoms with Gasteiger partial charge in [0.15, 0.2) is 0 Å². The van der Waals surface area contributed by atoms with Gasteiger partial charge in [0.2, 0.25) is 11.8 Å². The lowest BCUT2D eigenvalue weighted by Crippen LogP contribution is -2.54. The van der Waals surface area contributed by atoms with Crippen LogP contribution in [0, 0.1) is 52.3 Å². The smallest absolute Gasteiger partial charge is 0.326 e. The largest absolute Gasteiger partial charge is 0.480 e. The molecule has 8 heteroatoms. The molecule has 4 aliphatic carbocycles. The lowest BCUT2D eigenvalue weighted by atomic mass is 9.44. The van der Waals surface area contributed by atoms with Gasteiger partial charge in [-0.25, -0.2) is 4.79 Å². The number of aliphatic hydroxyl groups excluding tert-OH is 1. The van der Waals surface area contributed by atoms with Gasteiger partial charge in [0, 0.05) is 29.9 Å². The lowest BCUT2D eigenvalue weighted by molar-refractivity contribution is -0.142. The van der Waals surface area contributed by atoms with E-state index < -0.39 is 24.0 Å². The van der Waals surface area contributed by atoms with Crippen LogP contribution in [-0.4, -0.2) is 51.2 Å².